The Hall–Kier alpha value is -0.270. The molecule has 0 saturated heterocycles. The highest BCUT2D eigenvalue weighted by molar-refractivity contribution is 8.00. The van der Waals surface area contributed by atoms with Gasteiger partial charge in [-0.15, -0.1) is 0 Å². The van der Waals surface area contributed by atoms with Gasteiger partial charge in [-0.3, -0.25) is 4.79 Å². The minimum Gasteiger partial charge on any atom is -0.480 e. The molecule has 0 aromatic heterocycles. The third-order valence-corrected chi connectivity index (χ3v) is 4.64. The van der Waals surface area contributed by atoms with Crippen LogP contribution in [0.25, 0.3) is 0 Å². The molecular weight excluding hydrogens is 226 g/mol. The van der Waals surface area contributed by atoms with Crippen LogP contribution in [-0.2, 0) is 14.6 Å². The number of hydrogen-bond acceptors (Lipinski definition) is 5. The van der Waals surface area contributed by atoms with Crippen LogP contribution in [0.4, 0.5) is 0 Å². The van der Waals surface area contributed by atoms with Gasteiger partial charge in [0.2, 0.25) is 0 Å². The van der Waals surface area contributed by atoms with E-state index in [2.05, 4.69) is 0 Å². The summed E-state index contributed by atoms with van der Waals surface area (Å²) in [5.74, 6) is -0.207. The number of carboxylic acid groups (broad SMARTS) is 1. The fourth-order valence-corrected chi connectivity index (χ4v) is 2.95. The van der Waals surface area contributed by atoms with E-state index in [0.29, 0.717) is 5.75 Å². The first-order valence-corrected chi connectivity index (χ1v) is 7.13. The average molecular weight is 241 g/mol. The van der Waals surface area contributed by atoms with Gasteiger partial charge in [0.1, 0.15) is 6.04 Å². The van der Waals surface area contributed by atoms with Crippen molar-refractivity contribution in [1.82, 2.24) is 0 Å². The molecule has 5 nitrogen and oxygen atoms in total. The van der Waals surface area contributed by atoms with Crippen molar-refractivity contribution < 1.29 is 18.3 Å². The van der Waals surface area contributed by atoms with E-state index < -0.39 is 21.8 Å². The van der Waals surface area contributed by atoms with Crippen molar-refractivity contribution in [1.29, 1.82) is 0 Å². The molecule has 84 valence electrons. The minimum atomic E-state index is -2.95. The molecule has 14 heavy (non-hydrogen) atoms. The Morgan fingerprint density at radius 3 is 2.57 bits per heavy atom. The predicted molar refractivity (Wildman–Crippen MR) is 57.3 cm³/mol. The van der Waals surface area contributed by atoms with Crippen molar-refractivity contribution in [2.45, 2.75) is 13.0 Å². The summed E-state index contributed by atoms with van der Waals surface area (Å²) in [7, 11) is -2.95. The van der Waals surface area contributed by atoms with Crippen LogP contribution >= 0.6 is 11.8 Å². The Balaban J connectivity index is 3.62. The third kappa shape index (κ3) is 6.22. The van der Waals surface area contributed by atoms with Gasteiger partial charge < -0.3 is 10.8 Å². The van der Waals surface area contributed by atoms with Crippen molar-refractivity contribution in [2.75, 3.05) is 23.0 Å². The fourth-order valence-electron chi connectivity index (χ4n) is 0.612. The quantitative estimate of drug-likeness (QED) is 0.587. The second-order valence-corrected chi connectivity index (χ2v) is 6.38. The Labute approximate surface area is 88.0 Å². The SMILES string of the molecule is CCS(=O)(=O)CCSC[C@H](N)C(=O)O. The summed E-state index contributed by atoms with van der Waals surface area (Å²) in [6, 6.07) is -0.913. The Kier molecular flexibility index (Phi) is 6.14. The monoisotopic (exact) mass is 241 g/mol. The molecule has 0 fully saturated rings. The summed E-state index contributed by atoms with van der Waals surface area (Å²) < 4.78 is 22.0. The van der Waals surface area contributed by atoms with E-state index in [9.17, 15) is 13.2 Å². The molecule has 0 aliphatic carbocycles. The van der Waals surface area contributed by atoms with Gasteiger partial charge in [0.15, 0.2) is 9.84 Å². The first-order chi connectivity index (χ1) is 6.39. The van der Waals surface area contributed by atoms with E-state index in [4.69, 9.17) is 10.8 Å². The van der Waals surface area contributed by atoms with Crippen LogP contribution in [0.2, 0.25) is 0 Å². The van der Waals surface area contributed by atoms with Gasteiger partial charge in [-0.05, 0) is 0 Å². The average Bonchev–Trinajstić information content (AvgIpc) is 2.12. The van der Waals surface area contributed by atoms with E-state index in [1.807, 2.05) is 0 Å². The molecule has 0 spiro atoms. The highest BCUT2D eigenvalue weighted by Crippen LogP contribution is 2.04. The highest BCUT2D eigenvalue weighted by atomic mass is 32.2. The summed E-state index contributed by atoms with van der Waals surface area (Å²) in [6.45, 7) is 1.59. The molecule has 0 bridgehead atoms. The van der Waals surface area contributed by atoms with E-state index in [-0.39, 0.29) is 17.3 Å². The number of aliphatic carboxylic acids is 1. The molecule has 0 amide bonds. The first kappa shape index (κ1) is 13.7. The van der Waals surface area contributed by atoms with Crippen LogP contribution in [0.15, 0.2) is 0 Å². The van der Waals surface area contributed by atoms with Crippen LogP contribution in [-0.4, -0.2) is 48.5 Å². The summed E-state index contributed by atoms with van der Waals surface area (Å²) in [5, 5.41) is 8.43. The van der Waals surface area contributed by atoms with Gasteiger partial charge in [-0.2, -0.15) is 11.8 Å². The van der Waals surface area contributed by atoms with Gasteiger partial charge in [0.05, 0.1) is 5.75 Å². The molecule has 0 heterocycles. The topological polar surface area (TPSA) is 97.5 Å². The molecule has 0 unspecified atom stereocenters. The third-order valence-electron chi connectivity index (χ3n) is 1.59. The molecule has 0 rings (SSSR count). The van der Waals surface area contributed by atoms with E-state index in [1.165, 1.54) is 11.8 Å². The van der Waals surface area contributed by atoms with E-state index in [1.54, 1.807) is 6.92 Å². The minimum absolute atomic E-state index is 0.0838. The zero-order valence-corrected chi connectivity index (χ0v) is 9.60. The summed E-state index contributed by atoms with van der Waals surface area (Å²) in [4.78, 5) is 10.3. The molecule has 0 aromatic rings. The zero-order chi connectivity index (χ0) is 11.2. The van der Waals surface area contributed by atoms with Gasteiger partial charge >= 0.3 is 5.97 Å². The number of sulfone groups is 1. The molecule has 0 aromatic carbocycles. The lowest BCUT2D eigenvalue weighted by Crippen LogP contribution is -2.32. The maximum Gasteiger partial charge on any atom is 0.321 e. The second kappa shape index (κ2) is 6.26. The lowest BCUT2D eigenvalue weighted by molar-refractivity contribution is -0.137. The van der Waals surface area contributed by atoms with E-state index in [0.717, 1.165) is 0 Å². The van der Waals surface area contributed by atoms with Crippen LogP contribution < -0.4 is 5.73 Å². The maximum absolute atomic E-state index is 11.0. The van der Waals surface area contributed by atoms with Gasteiger partial charge in [-0.1, -0.05) is 6.92 Å². The standard InChI is InChI=1S/C7H15NO4S2/c1-2-14(11,12)4-3-13-5-6(8)7(9)10/h6H,2-5,8H2,1H3,(H,9,10)/t6-/m0/s1. The van der Waals surface area contributed by atoms with Crippen LogP contribution in [0.5, 0.6) is 0 Å². The summed E-state index contributed by atoms with van der Waals surface area (Å²) in [5.41, 5.74) is 5.23. The van der Waals surface area contributed by atoms with Gasteiger partial charge in [0, 0.05) is 17.3 Å². The number of carbonyl (C=O) groups is 1. The zero-order valence-electron chi connectivity index (χ0n) is 7.97. The van der Waals surface area contributed by atoms with Crippen molar-refractivity contribution in [3.63, 3.8) is 0 Å². The Morgan fingerprint density at radius 2 is 2.14 bits per heavy atom. The largest absolute Gasteiger partial charge is 0.480 e. The van der Waals surface area contributed by atoms with Crippen molar-refractivity contribution in [2.24, 2.45) is 5.73 Å². The Bertz CT molecular complexity index is 275. The molecule has 0 saturated carbocycles. The second-order valence-electron chi connectivity index (χ2n) is 2.76. The van der Waals surface area contributed by atoms with Crippen molar-refractivity contribution >= 4 is 27.6 Å². The van der Waals surface area contributed by atoms with E-state index >= 15 is 0 Å². The smallest absolute Gasteiger partial charge is 0.321 e. The van der Waals surface area contributed by atoms with Crippen LogP contribution in [0, 0.1) is 0 Å². The number of rotatable bonds is 7. The Morgan fingerprint density at radius 1 is 1.57 bits per heavy atom. The van der Waals surface area contributed by atoms with Gasteiger partial charge in [0.25, 0.3) is 0 Å². The maximum atomic E-state index is 11.0. The first-order valence-electron chi connectivity index (χ1n) is 4.15. The fraction of sp³-hybridized carbons (Fsp3) is 0.857. The molecule has 0 aliphatic heterocycles. The lowest BCUT2D eigenvalue weighted by atomic mass is 10.4. The van der Waals surface area contributed by atoms with Crippen LogP contribution in [0.3, 0.4) is 0 Å². The number of thioether (sulfide) groups is 1. The molecule has 0 aliphatic rings. The van der Waals surface area contributed by atoms with Crippen molar-refractivity contribution in [3.05, 3.63) is 0 Å². The van der Waals surface area contributed by atoms with Gasteiger partial charge in [-0.25, -0.2) is 8.42 Å². The number of nitrogens with two attached hydrogens (primary N) is 1. The summed E-state index contributed by atoms with van der Waals surface area (Å²) in [6.07, 6.45) is 0. The van der Waals surface area contributed by atoms with Crippen molar-refractivity contribution in [3.8, 4) is 0 Å². The number of carboxylic acids is 1. The predicted octanol–water partition coefficient (Wildman–Crippen LogP) is -0.434. The molecule has 7 heteroatoms. The normalized spacial score (nSPS) is 13.9. The van der Waals surface area contributed by atoms with Crippen LogP contribution in [0.1, 0.15) is 6.92 Å². The molecule has 0 radical (unpaired) electrons. The number of hydrogen-bond donors (Lipinski definition) is 2. The highest BCUT2D eigenvalue weighted by Gasteiger charge is 2.12. The molecular formula is C7H15NO4S2. The lowest BCUT2D eigenvalue weighted by Gasteiger charge is -2.05. The molecule has 1 atom stereocenters. The summed E-state index contributed by atoms with van der Waals surface area (Å²) >= 11 is 1.25. The molecule has 3 N–H and O–H groups in total.